The van der Waals surface area contributed by atoms with Crippen LogP contribution in [0, 0.1) is 0 Å². The number of anilines is 1. The minimum absolute atomic E-state index is 0.0775. The second kappa shape index (κ2) is 8.09. The Morgan fingerprint density at radius 1 is 1.23 bits per heavy atom. The molecule has 0 saturated heterocycles. The van der Waals surface area contributed by atoms with E-state index in [1.807, 2.05) is 60.9 Å². The average Bonchev–Trinajstić information content (AvgIpc) is 3.28. The molecule has 0 aliphatic carbocycles. The van der Waals surface area contributed by atoms with E-state index in [0.717, 1.165) is 22.8 Å². The molecule has 1 N–H and O–H groups in total. The fraction of sp³-hybridized carbons (Fsp3) is 0.278. The zero-order chi connectivity index (χ0) is 18.5. The molecule has 0 aliphatic heterocycles. The van der Waals surface area contributed by atoms with E-state index in [-0.39, 0.29) is 11.7 Å². The lowest BCUT2D eigenvalue weighted by Crippen LogP contribution is -2.24. The molecular weight excluding hydrogens is 350 g/mol. The summed E-state index contributed by atoms with van der Waals surface area (Å²) in [5.74, 6) is 1.69. The molecule has 0 spiro atoms. The lowest BCUT2D eigenvalue weighted by Gasteiger charge is -2.12. The van der Waals surface area contributed by atoms with Gasteiger partial charge in [-0.3, -0.25) is 4.79 Å². The Morgan fingerprint density at radius 2 is 2.00 bits per heavy atom. The van der Waals surface area contributed by atoms with Crippen molar-refractivity contribution in [1.29, 1.82) is 0 Å². The molecule has 3 rings (SSSR count). The third-order valence-corrected chi connectivity index (χ3v) is 4.87. The predicted molar refractivity (Wildman–Crippen MR) is 102 cm³/mol. The summed E-state index contributed by atoms with van der Waals surface area (Å²) in [5.41, 5.74) is 2.11. The quantitative estimate of drug-likeness (QED) is 0.643. The van der Waals surface area contributed by atoms with E-state index in [2.05, 4.69) is 15.5 Å². The zero-order valence-electron chi connectivity index (χ0n) is 15.0. The maximum Gasteiger partial charge on any atom is 0.230 e. The Balaban J connectivity index is 1.59. The molecule has 0 atom stereocenters. The van der Waals surface area contributed by atoms with E-state index in [4.69, 9.17) is 4.42 Å². The van der Waals surface area contributed by atoms with Crippen LogP contribution in [0.15, 0.2) is 52.2 Å². The number of carbonyl (C=O) groups is 1. The van der Waals surface area contributed by atoms with Crippen LogP contribution in [-0.4, -0.2) is 40.5 Å². The molecule has 136 valence electrons. The third-order valence-electron chi connectivity index (χ3n) is 3.85. The summed E-state index contributed by atoms with van der Waals surface area (Å²) in [5, 5.41) is 12.0. The van der Waals surface area contributed by atoms with Gasteiger partial charge in [-0.25, -0.2) is 0 Å². The molecule has 0 aliphatic rings. The Labute approximate surface area is 156 Å². The van der Waals surface area contributed by atoms with Gasteiger partial charge in [0, 0.05) is 32.4 Å². The second-order valence-electron chi connectivity index (χ2n) is 5.95. The van der Waals surface area contributed by atoms with E-state index in [0.29, 0.717) is 11.7 Å². The van der Waals surface area contributed by atoms with Gasteiger partial charge in [0.1, 0.15) is 5.76 Å². The van der Waals surface area contributed by atoms with E-state index in [1.165, 1.54) is 11.8 Å². The molecule has 2 aromatic heterocycles. The summed E-state index contributed by atoms with van der Waals surface area (Å²) in [6.07, 6.45) is 1.59. The third kappa shape index (κ3) is 4.26. The number of amides is 1. The van der Waals surface area contributed by atoms with E-state index in [9.17, 15) is 4.79 Å². The van der Waals surface area contributed by atoms with Gasteiger partial charge >= 0.3 is 0 Å². The Bertz CT molecular complexity index is 856. The molecular formula is C18H21N5O2S. The number of nitrogens with one attached hydrogen (secondary N) is 1. The van der Waals surface area contributed by atoms with Gasteiger partial charge in [0.15, 0.2) is 11.0 Å². The summed E-state index contributed by atoms with van der Waals surface area (Å²) in [6, 6.07) is 11.7. The first kappa shape index (κ1) is 18.1. The first-order valence-electron chi connectivity index (χ1n) is 8.13. The van der Waals surface area contributed by atoms with Crippen molar-refractivity contribution in [2.24, 2.45) is 7.05 Å². The van der Waals surface area contributed by atoms with Crippen LogP contribution in [0.5, 0.6) is 0 Å². The van der Waals surface area contributed by atoms with Crippen molar-refractivity contribution in [2.45, 2.75) is 11.7 Å². The van der Waals surface area contributed by atoms with Gasteiger partial charge in [-0.1, -0.05) is 11.8 Å². The normalized spacial score (nSPS) is 10.7. The monoisotopic (exact) mass is 371 g/mol. The van der Waals surface area contributed by atoms with Crippen LogP contribution in [0.4, 0.5) is 5.69 Å². The fourth-order valence-corrected chi connectivity index (χ4v) is 3.12. The Morgan fingerprint density at radius 3 is 2.65 bits per heavy atom. The molecule has 3 aromatic rings. The second-order valence-corrected chi connectivity index (χ2v) is 6.89. The molecule has 8 heteroatoms. The van der Waals surface area contributed by atoms with E-state index >= 15 is 0 Å². The molecule has 2 heterocycles. The van der Waals surface area contributed by atoms with Crippen LogP contribution >= 0.6 is 11.8 Å². The molecule has 0 fully saturated rings. The number of hydrogen-bond acceptors (Lipinski definition) is 6. The van der Waals surface area contributed by atoms with Crippen LogP contribution < -0.4 is 10.2 Å². The number of rotatable bonds is 7. The molecule has 0 radical (unpaired) electrons. The number of nitrogens with zero attached hydrogens (tertiary/aromatic N) is 4. The average molecular weight is 371 g/mol. The lowest BCUT2D eigenvalue weighted by atomic mass is 10.2. The summed E-state index contributed by atoms with van der Waals surface area (Å²) in [4.78, 5) is 14.0. The highest BCUT2D eigenvalue weighted by molar-refractivity contribution is 7.99. The summed E-state index contributed by atoms with van der Waals surface area (Å²) >= 11 is 1.35. The summed E-state index contributed by atoms with van der Waals surface area (Å²) in [6.45, 7) is 0.384. The Kier molecular flexibility index (Phi) is 5.62. The van der Waals surface area contributed by atoms with Crippen LogP contribution in [0.1, 0.15) is 5.76 Å². The number of hydrogen-bond donors (Lipinski definition) is 1. The maximum atomic E-state index is 12.0. The molecule has 1 amide bonds. The fourth-order valence-electron chi connectivity index (χ4n) is 2.38. The van der Waals surface area contributed by atoms with Crippen molar-refractivity contribution in [3.05, 3.63) is 48.4 Å². The zero-order valence-corrected chi connectivity index (χ0v) is 15.8. The predicted octanol–water partition coefficient (Wildman–Crippen LogP) is 2.55. The van der Waals surface area contributed by atoms with Crippen LogP contribution in [0.2, 0.25) is 0 Å². The highest BCUT2D eigenvalue weighted by Crippen LogP contribution is 2.24. The Hall–Kier alpha value is -2.74. The SMILES string of the molecule is CN(C)c1ccc(-c2nnc(SCC(=O)NCc3ccco3)n2C)cc1. The standard InChI is InChI=1S/C18H21N5O2S/c1-22(2)14-8-6-13(7-9-14)17-20-21-18(23(17)3)26-12-16(24)19-11-15-5-4-10-25-15/h4-10H,11-12H2,1-3H3,(H,19,24). The van der Waals surface area contributed by atoms with Gasteiger partial charge in [-0.2, -0.15) is 0 Å². The van der Waals surface area contributed by atoms with Gasteiger partial charge in [0.25, 0.3) is 0 Å². The first-order valence-corrected chi connectivity index (χ1v) is 9.12. The summed E-state index contributed by atoms with van der Waals surface area (Å²) in [7, 11) is 5.91. The number of aromatic nitrogens is 3. The van der Waals surface area contributed by atoms with Crippen molar-refractivity contribution in [3.8, 4) is 11.4 Å². The smallest absolute Gasteiger partial charge is 0.230 e. The van der Waals surface area contributed by atoms with Gasteiger partial charge in [0.2, 0.25) is 5.91 Å². The van der Waals surface area contributed by atoms with Gasteiger partial charge in [-0.15, -0.1) is 10.2 Å². The van der Waals surface area contributed by atoms with Crippen molar-refractivity contribution in [1.82, 2.24) is 20.1 Å². The molecule has 1 aromatic carbocycles. The maximum absolute atomic E-state index is 12.0. The molecule has 0 bridgehead atoms. The highest BCUT2D eigenvalue weighted by Gasteiger charge is 2.13. The van der Waals surface area contributed by atoms with Gasteiger partial charge in [0.05, 0.1) is 18.6 Å². The topological polar surface area (TPSA) is 76.2 Å². The first-order chi connectivity index (χ1) is 12.5. The molecule has 7 nitrogen and oxygen atoms in total. The largest absolute Gasteiger partial charge is 0.467 e. The van der Waals surface area contributed by atoms with Crippen molar-refractivity contribution in [2.75, 3.05) is 24.7 Å². The van der Waals surface area contributed by atoms with Gasteiger partial charge in [-0.05, 0) is 36.4 Å². The molecule has 0 saturated carbocycles. The van der Waals surface area contributed by atoms with Crippen LogP contribution in [0.25, 0.3) is 11.4 Å². The van der Waals surface area contributed by atoms with Gasteiger partial charge < -0.3 is 19.2 Å². The van der Waals surface area contributed by atoms with Crippen LogP contribution in [-0.2, 0) is 18.4 Å². The number of thioether (sulfide) groups is 1. The number of carbonyl (C=O) groups excluding carboxylic acids is 1. The minimum atomic E-state index is -0.0775. The lowest BCUT2D eigenvalue weighted by molar-refractivity contribution is -0.118. The summed E-state index contributed by atoms with van der Waals surface area (Å²) < 4.78 is 7.09. The van der Waals surface area contributed by atoms with Crippen LogP contribution in [0.3, 0.4) is 0 Å². The highest BCUT2D eigenvalue weighted by atomic mass is 32.2. The van der Waals surface area contributed by atoms with E-state index < -0.39 is 0 Å². The van der Waals surface area contributed by atoms with Crippen molar-refractivity contribution < 1.29 is 9.21 Å². The molecule has 26 heavy (non-hydrogen) atoms. The van der Waals surface area contributed by atoms with Crippen molar-refractivity contribution in [3.63, 3.8) is 0 Å². The van der Waals surface area contributed by atoms with E-state index in [1.54, 1.807) is 12.3 Å². The van der Waals surface area contributed by atoms with Crippen molar-refractivity contribution >= 4 is 23.4 Å². The number of furan rings is 1. The number of benzene rings is 1. The minimum Gasteiger partial charge on any atom is -0.467 e. The molecule has 0 unspecified atom stereocenters.